The lowest BCUT2D eigenvalue weighted by Gasteiger charge is -2.37. The fraction of sp³-hybridized carbons (Fsp3) is 0.889. The molecule has 0 aromatic heterocycles. The van der Waals surface area contributed by atoms with Gasteiger partial charge in [-0.2, -0.15) is 0 Å². The molecule has 0 spiro atoms. The van der Waals surface area contributed by atoms with Crippen LogP contribution < -0.4 is 5.73 Å². The summed E-state index contributed by atoms with van der Waals surface area (Å²) in [6.07, 6.45) is 2.63. The molecular formula is C9H16N2O2. The van der Waals surface area contributed by atoms with E-state index >= 15 is 0 Å². The summed E-state index contributed by atoms with van der Waals surface area (Å²) in [6, 6.07) is -0.258. The number of carbonyl (C=O) groups is 1. The van der Waals surface area contributed by atoms with E-state index in [2.05, 4.69) is 0 Å². The van der Waals surface area contributed by atoms with Crippen LogP contribution in [-0.2, 0) is 4.79 Å². The number of nitrogens with zero attached hydrogens (tertiary/aromatic N) is 1. The first kappa shape index (κ1) is 8.97. The minimum atomic E-state index is -0.258. The van der Waals surface area contributed by atoms with Crippen molar-refractivity contribution in [1.29, 1.82) is 0 Å². The van der Waals surface area contributed by atoms with Crippen LogP contribution in [0.4, 0.5) is 0 Å². The first-order chi connectivity index (χ1) is 6.16. The van der Waals surface area contributed by atoms with E-state index < -0.39 is 0 Å². The topological polar surface area (TPSA) is 66.6 Å². The number of carbonyl (C=O) groups excluding carboxylic acids is 1. The van der Waals surface area contributed by atoms with Crippen molar-refractivity contribution >= 4 is 5.91 Å². The quantitative estimate of drug-likeness (QED) is 0.559. The van der Waals surface area contributed by atoms with Gasteiger partial charge >= 0.3 is 0 Å². The van der Waals surface area contributed by atoms with Gasteiger partial charge in [-0.25, -0.2) is 0 Å². The van der Waals surface area contributed by atoms with E-state index in [1.807, 2.05) is 0 Å². The molecule has 3 atom stereocenters. The summed E-state index contributed by atoms with van der Waals surface area (Å²) >= 11 is 0. The first-order valence-electron chi connectivity index (χ1n) is 4.89. The standard InChI is InChI=1S/C9H16N2O2/c10-8-5-11(9(8)13)4-6-1-2-7(12)3-6/h6-8,12H,1-5,10H2. The van der Waals surface area contributed by atoms with Crippen LogP contribution in [0.25, 0.3) is 0 Å². The van der Waals surface area contributed by atoms with Crippen molar-refractivity contribution in [2.24, 2.45) is 11.7 Å². The molecule has 3 N–H and O–H groups in total. The van der Waals surface area contributed by atoms with E-state index in [0.717, 1.165) is 25.8 Å². The van der Waals surface area contributed by atoms with Crippen LogP contribution in [0.5, 0.6) is 0 Å². The minimum Gasteiger partial charge on any atom is -0.393 e. The third kappa shape index (κ3) is 1.69. The molecule has 2 rings (SSSR count). The van der Waals surface area contributed by atoms with E-state index in [-0.39, 0.29) is 18.1 Å². The zero-order valence-corrected chi connectivity index (χ0v) is 7.65. The Morgan fingerprint density at radius 1 is 1.54 bits per heavy atom. The molecule has 13 heavy (non-hydrogen) atoms. The van der Waals surface area contributed by atoms with Gasteiger partial charge in [-0.05, 0) is 25.2 Å². The highest BCUT2D eigenvalue weighted by atomic mass is 16.3. The Morgan fingerprint density at radius 2 is 2.31 bits per heavy atom. The molecule has 1 heterocycles. The molecule has 4 heteroatoms. The van der Waals surface area contributed by atoms with Crippen LogP contribution in [0.2, 0.25) is 0 Å². The number of rotatable bonds is 2. The molecule has 3 unspecified atom stereocenters. The van der Waals surface area contributed by atoms with Crippen molar-refractivity contribution < 1.29 is 9.90 Å². The van der Waals surface area contributed by atoms with Crippen molar-refractivity contribution in [3.8, 4) is 0 Å². The Bertz CT molecular complexity index is 220. The lowest BCUT2D eigenvalue weighted by atomic mass is 10.0. The molecule has 0 radical (unpaired) electrons. The Kier molecular flexibility index (Phi) is 2.26. The number of aliphatic hydroxyl groups excluding tert-OH is 1. The van der Waals surface area contributed by atoms with E-state index in [0.29, 0.717) is 12.5 Å². The second kappa shape index (κ2) is 3.27. The summed E-state index contributed by atoms with van der Waals surface area (Å²) in [6.45, 7) is 1.50. The predicted molar refractivity (Wildman–Crippen MR) is 47.9 cm³/mol. The van der Waals surface area contributed by atoms with Gasteiger partial charge in [0.15, 0.2) is 0 Å². The number of nitrogens with two attached hydrogens (primary N) is 1. The van der Waals surface area contributed by atoms with Crippen LogP contribution >= 0.6 is 0 Å². The largest absolute Gasteiger partial charge is 0.393 e. The summed E-state index contributed by atoms with van der Waals surface area (Å²) in [5.41, 5.74) is 5.47. The van der Waals surface area contributed by atoms with Gasteiger partial charge in [0.25, 0.3) is 0 Å². The highest BCUT2D eigenvalue weighted by Crippen LogP contribution is 2.27. The molecule has 1 saturated heterocycles. The normalized spacial score (nSPS) is 39.4. The molecule has 4 nitrogen and oxygen atoms in total. The molecular weight excluding hydrogens is 168 g/mol. The number of amides is 1. The molecule has 2 fully saturated rings. The SMILES string of the molecule is NC1CN(CC2CCC(O)C2)C1=O. The Hall–Kier alpha value is -0.610. The van der Waals surface area contributed by atoms with Gasteiger partial charge in [-0.15, -0.1) is 0 Å². The second-order valence-corrected chi connectivity index (χ2v) is 4.18. The van der Waals surface area contributed by atoms with E-state index in [1.54, 1.807) is 4.90 Å². The summed E-state index contributed by atoms with van der Waals surface area (Å²) in [7, 11) is 0. The predicted octanol–water partition coefficient (Wildman–Crippen LogP) is -0.683. The number of aliphatic hydroxyl groups is 1. The third-order valence-corrected chi connectivity index (χ3v) is 3.04. The zero-order valence-electron chi connectivity index (χ0n) is 7.65. The van der Waals surface area contributed by atoms with Crippen LogP contribution in [0.15, 0.2) is 0 Å². The molecule has 2 aliphatic rings. The molecule has 74 valence electrons. The molecule has 0 bridgehead atoms. The maximum atomic E-state index is 11.2. The fourth-order valence-electron chi connectivity index (χ4n) is 2.22. The highest BCUT2D eigenvalue weighted by molar-refractivity contribution is 5.87. The Balaban J connectivity index is 1.77. The maximum absolute atomic E-state index is 11.2. The molecule has 0 aromatic rings. The van der Waals surface area contributed by atoms with Crippen LogP contribution in [0.1, 0.15) is 19.3 Å². The maximum Gasteiger partial charge on any atom is 0.241 e. The average Bonchev–Trinajstić information content (AvgIpc) is 2.50. The average molecular weight is 184 g/mol. The number of likely N-dealkylation sites (tertiary alicyclic amines) is 1. The highest BCUT2D eigenvalue weighted by Gasteiger charge is 2.36. The summed E-state index contributed by atoms with van der Waals surface area (Å²) in [5, 5.41) is 9.29. The van der Waals surface area contributed by atoms with Gasteiger partial charge in [0.05, 0.1) is 6.10 Å². The third-order valence-electron chi connectivity index (χ3n) is 3.04. The lowest BCUT2D eigenvalue weighted by Crippen LogP contribution is -2.61. The number of hydrogen-bond acceptors (Lipinski definition) is 3. The lowest BCUT2D eigenvalue weighted by molar-refractivity contribution is -0.143. The molecule has 1 amide bonds. The Morgan fingerprint density at radius 3 is 2.77 bits per heavy atom. The van der Waals surface area contributed by atoms with Crippen LogP contribution in [-0.4, -0.2) is 41.1 Å². The smallest absolute Gasteiger partial charge is 0.241 e. The van der Waals surface area contributed by atoms with Crippen molar-refractivity contribution in [1.82, 2.24) is 4.90 Å². The summed E-state index contributed by atoms with van der Waals surface area (Å²) in [4.78, 5) is 13.0. The number of hydrogen-bond donors (Lipinski definition) is 2. The first-order valence-corrected chi connectivity index (χ1v) is 4.89. The van der Waals surface area contributed by atoms with Crippen LogP contribution in [0.3, 0.4) is 0 Å². The minimum absolute atomic E-state index is 0.0707. The van der Waals surface area contributed by atoms with Crippen molar-refractivity contribution in [2.75, 3.05) is 13.1 Å². The second-order valence-electron chi connectivity index (χ2n) is 4.18. The van der Waals surface area contributed by atoms with Gasteiger partial charge in [-0.1, -0.05) is 0 Å². The van der Waals surface area contributed by atoms with E-state index in [9.17, 15) is 9.90 Å². The van der Waals surface area contributed by atoms with Crippen molar-refractivity contribution in [3.63, 3.8) is 0 Å². The zero-order chi connectivity index (χ0) is 9.42. The van der Waals surface area contributed by atoms with Gasteiger partial charge in [0.2, 0.25) is 5.91 Å². The molecule has 0 aromatic carbocycles. The summed E-state index contributed by atoms with van der Waals surface area (Å²) < 4.78 is 0. The Labute approximate surface area is 77.7 Å². The fourth-order valence-corrected chi connectivity index (χ4v) is 2.22. The van der Waals surface area contributed by atoms with Gasteiger partial charge < -0.3 is 15.7 Å². The van der Waals surface area contributed by atoms with Gasteiger partial charge in [-0.3, -0.25) is 4.79 Å². The van der Waals surface area contributed by atoms with Gasteiger partial charge in [0, 0.05) is 13.1 Å². The van der Waals surface area contributed by atoms with E-state index in [1.165, 1.54) is 0 Å². The summed E-state index contributed by atoms with van der Waals surface area (Å²) in [5.74, 6) is 0.563. The van der Waals surface area contributed by atoms with Crippen molar-refractivity contribution in [2.45, 2.75) is 31.4 Å². The monoisotopic (exact) mass is 184 g/mol. The van der Waals surface area contributed by atoms with Crippen molar-refractivity contribution in [3.05, 3.63) is 0 Å². The molecule has 1 aliphatic carbocycles. The van der Waals surface area contributed by atoms with Gasteiger partial charge in [0.1, 0.15) is 6.04 Å². The molecule has 1 aliphatic heterocycles. The molecule has 1 saturated carbocycles. The number of β-lactam (4-membered cyclic amide) rings is 1. The van der Waals surface area contributed by atoms with E-state index in [4.69, 9.17) is 5.73 Å². The van der Waals surface area contributed by atoms with Crippen LogP contribution in [0, 0.1) is 5.92 Å².